The number of carboxylic acids is 1. The predicted octanol–water partition coefficient (Wildman–Crippen LogP) is 1.94. The van der Waals surface area contributed by atoms with E-state index in [1.807, 2.05) is 0 Å². The average Bonchev–Trinajstić information content (AvgIpc) is 2.62. The second-order valence-corrected chi connectivity index (χ2v) is 5.10. The van der Waals surface area contributed by atoms with E-state index in [2.05, 4.69) is 4.74 Å². The summed E-state index contributed by atoms with van der Waals surface area (Å²) in [5.41, 5.74) is -1.03. The van der Waals surface area contributed by atoms with Gasteiger partial charge in [-0.1, -0.05) is 6.07 Å². The fourth-order valence-corrected chi connectivity index (χ4v) is 2.35. The van der Waals surface area contributed by atoms with Crippen molar-refractivity contribution in [2.45, 2.75) is 0 Å². The highest BCUT2D eigenvalue weighted by atomic mass is 16.7. The summed E-state index contributed by atoms with van der Waals surface area (Å²) in [7, 11) is 1.11. The first-order valence-corrected chi connectivity index (χ1v) is 7.21. The molecular weight excluding hydrogens is 346 g/mol. The van der Waals surface area contributed by atoms with Crippen molar-refractivity contribution in [1.82, 2.24) is 0 Å². The lowest BCUT2D eigenvalue weighted by Gasteiger charge is -2.08. The summed E-state index contributed by atoms with van der Waals surface area (Å²) < 4.78 is 14.3. The third kappa shape index (κ3) is 2.93. The number of carbonyl (C=O) groups is 2. The second-order valence-electron chi connectivity index (χ2n) is 5.10. The van der Waals surface area contributed by atoms with Gasteiger partial charge in [-0.15, -0.1) is 0 Å². The number of methoxy groups -OCH3 is 1. The molecule has 0 saturated carbocycles. The Morgan fingerprint density at radius 3 is 2.46 bits per heavy atom. The van der Waals surface area contributed by atoms with Gasteiger partial charge in [-0.05, 0) is 36.4 Å². The number of fused-ring (bicyclic) bond motifs is 1. The molecule has 0 bridgehead atoms. The number of carbonyl (C=O) groups excluding carboxylic acids is 1. The molecule has 3 aromatic rings. The van der Waals surface area contributed by atoms with Crippen molar-refractivity contribution in [1.29, 1.82) is 0 Å². The van der Waals surface area contributed by atoms with Gasteiger partial charge in [0.15, 0.2) is 5.75 Å². The highest BCUT2D eigenvalue weighted by molar-refractivity contribution is 5.89. The number of nitrogens with zero attached hydrogens (tertiary/aromatic N) is 1. The third-order valence-corrected chi connectivity index (χ3v) is 3.56. The molecule has 0 saturated heterocycles. The van der Waals surface area contributed by atoms with Crippen LogP contribution in [0.5, 0.6) is 5.75 Å². The molecule has 132 valence electrons. The molecule has 9 nitrogen and oxygen atoms in total. The molecule has 0 unspecified atom stereocenters. The van der Waals surface area contributed by atoms with E-state index in [4.69, 9.17) is 14.4 Å². The van der Waals surface area contributed by atoms with Gasteiger partial charge in [0.1, 0.15) is 5.58 Å². The third-order valence-electron chi connectivity index (χ3n) is 3.56. The van der Waals surface area contributed by atoms with Gasteiger partial charge in [0, 0.05) is 0 Å². The van der Waals surface area contributed by atoms with Crippen LogP contribution in [0.3, 0.4) is 0 Å². The van der Waals surface area contributed by atoms with Crippen molar-refractivity contribution in [3.8, 4) is 17.0 Å². The number of rotatable bonds is 3. The van der Waals surface area contributed by atoms with Crippen LogP contribution in [0.1, 0.15) is 10.4 Å². The molecule has 9 heteroatoms. The second kappa shape index (κ2) is 6.55. The van der Waals surface area contributed by atoms with Gasteiger partial charge in [0.05, 0.1) is 28.5 Å². The topological polar surface area (TPSA) is 130 Å². The summed E-state index contributed by atoms with van der Waals surface area (Å²) in [4.78, 5) is 34.9. The summed E-state index contributed by atoms with van der Waals surface area (Å²) in [6.45, 7) is 0. The van der Waals surface area contributed by atoms with Crippen molar-refractivity contribution < 1.29 is 33.6 Å². The predicted molar refractivity (Wildman–Crippen MR) is 86.9 cm³/mol. The molecule has 0 aliphatic heterocycles. The quantitative estimate of drug-likeness (QED) is 0.427. The summed E-state index contributed by atoms with van der Waals surface area (Å²) in [6, 6.07) is 9.36. The standard InChI is InChI=1S/C17H11NO8/c1-24-17(22)25-12-4-2-3-11-14(19)13(18(23)26-15(11)12)9-5-7-10(8-6-9)16(20)21/h2-8H,1H3,(H,20,21). The molecule has 2 aromatic carbocycles. The summed E-state index contributed by atoms with van der Waals surface area (Å²) >= 11 is 0. The minimum atomic E-state index is -1.14. The van der Waals surface area contributed by atoms with Crippen molar-refractivity contribution in [2.75, 3.05) is 7.11 Å². The molecule has 3 rings (SSSR count). The molecular formula is C17H11NO8. The van der Waals surface area contributed by atoms with Gasteiger partial charge < -0.3 is 19.1 Å². The molecule has 0 atom stereocenters. The van der Waals surface area contributed by atoms with Crippen LogP contribution in [0, 0.1) is 5.21 Å². The largest absolute Gasteiger partial charge is 0.513 e. The maximum Gasteiger partial charge on any atom is 0.513 e. The Kier molecular flexibility index (Phi) is 4.27. The Morgan fingerprint density at radius 2 is 1.85 bits per heavy atom. The molecule has 0 amide bonds. The molecule has 0 spiro atoms. The Morgan fingerprint density at radius 1 is 1.15 bits per heavy atom. The van der Waals surface area contributed by atoms with E-state index >= 15 is 0 Å². The zero-order valence-electron chi connectivity index (χ0n) is 13.3. The number of benzene rings is 2. The molecule has 0 fully saturated rings. The summed E-state index contributed by atoms with van der Waals surface area (Å²) in [5.74, 6) is -1.29. The van der Waals surface area contributed by atoms with Gasteiger partial charge in [0.25, 0.3) is 5.43 Å². The summed E-state index contributed by atoms with van der Waals surface area (Å²) in [6.07, 6.45) is -1.04. The van der Waals surface area contributed by atoms with Crippen LogP contribution in [0.15, 0.2) is 51.8 Å². The number of ether oxygens (including phenoxy) is 2. The van der Waals surface area contributed by atoms with Crippen molar-refractivity contribution >= 4 is 23.1 Å². The van der Waals surface area contributed by atoms with Gasteiger partial charge in [-0.25, -0.2) is 9.59 Å². The minimum Gasteiger partial charge on any atom is -0.478 e. The lowest BCUT2D eigenvalue weighted by Crippen LogP contribution is -2.35. The van der Waals surface area contributed by atoms with E-state index < -0.39 is 17.6 Å². The number of hydrogen-bond acceptors (Lipinski definition) is 7. The lowest BCUT2D eigenvalue weighted by molar-refractivity contribution is -0.784. The zero-order chi connectivity index (χ0) is 18.8. The van der Waals surface area contributed by atoms with Crippen molar-refractivity contribution in [3.05, 3.63) is 63.5 Å². The molecule has 0 aliphatic rings. The summed E-state index contributed by atoms with van der Waals surface area (Å²) in [5, 5.41) is 21.2. The lowest BCUT2D eigenvalue weighted by atomic mass is 10.1. The SMILES string of the molecule is COC(=O)Oc1cccc2c(=O)c(-c3ccc(C(=O)O)cc3)[n+]([O-])oc12. The van der Waals surface area contributed by atoms with Crippen LogP contribution in [-0.4, -0.2) is 24.3 Å². The Labute approximate surface area is 145 Å². The van der Waals surface area contributed by atoms with E-state index in [1.165, 1.54) is 42.5 Å². The van der Waals surface area contributed by atoms with Crippen LogP contribution in [0.25, 0.3) is 22.2 Å². The fraction of sp³-hybridized carbons (Fsp3) is 0.0588. The van der Waals surface area contributed by atoms with Crippen LogP contribution in [0.2, 0.25) is 0 Å². The molecule has 0 radical (unpaired) electrons. The first-order valence-electron chi connectivity index (χ1n) is 7.21. The van der Waals surface area contributed by atoms with Gasteiger partial charge in [-0.3, -0.25) is 10.0 Å². The van der Waals surface area contributed by atoms with E-state index in [-0.39, 0.29) is 38.4 Å². The molecule has 26 heavy (non-hydrogen) atoms. The zero-order valence-corrected chi connectivity index (χ0v) is 13.3. The van der Waals surface area contributed by atoms with Gasteiger partial charge in [0.2, 0.25) is 0 Å². The smallest absolute Gasteiger partial charge is 0.478 e. The van der Waals surface area contributed by atoms with Crippen LogP contribution in [0.4, 0.5) is 4.79 Å². The van der Waals surface area contributed by atoms with E-state index in [0.29, 0.717) is 0 Å². The van der Waals surface area contributed by atoms with Crippen LogP contribution in [-0.2, 0) is 4.74 Å². The van der Waals surface area contributed by atoms with E-state index in [1.54, 1.807) is 0 Å². The number of para-hydroxylation sites is 1. The highest BCUT2D eigenvalue weighted by Crippen LogP contribution is 2.24. The molecule has 0 aliphatic carbocycles. The Bertz CT molecular complexity index is 1070. The molecule has 1 aromatic heterocycles. The first-order chi connectivity index (χ1) is 12.4. The maximum absolute atomic E-state index is 12.7. The monoisotopic (exact) mass is 357 g/mol. The number of hydrogen-bond donors (Lipinski definition) is 1. The maximum atomic E-state index is 12.7. The number of aromatic nitrogens is 1. The average molecular weight is 357 g/mol. The van der Waals surface area contributed by atoms with E-state index in [0.717, 1.165) is 7.11 Å². The van der Waals surface area contributed by atoms with Gasteiger partial charge in [-0.2, -0.15) is 0 Å². The Hall–Kier alpha value is -3.88. The van der Waals surface area contributed by atoms with Crippen molar-refractivity contribution in [3.63, 3.8) is 0 Å². The fourth-order valence-electron chi connectivity index (χ4n) is 2.35. The van der Waals surface area contributed by atoms with Crippen LogP contribution >= 0.6 is 0 Å². The normalized spacial score (nSPS) is 10.5. The number of carboxylic acid groups (broad SMARTS) is 1. The molecule has 1 N–H and O–H groups in total. The molecule has 1 heterocycles. The Balaban J connectivity index is 2.18. The van der Waals surface area contributed by atoms with Crippen molar-refractivity contribution in [2.24, 2.45) is 0 Å². The number of aromatic carboxylic acids is 1. The van der Waals surface area contributed by atoms with Gasteiger partial charge >= 0.3 is 17.8 Å². The van der Waals surface area contributed by atoms with Crippen LogP contribution < -0.4 is 15.1 Å². The minimum absolute atomic E-state index is 0.00476. The highest BCUT2D eigenvalue weighted by Gasteiger charge is 2.22. The first kappa shape index (κ1) is 17.0. The van der Waals surface area contributed by atoms with E-state index in [9.17, 15) is 19.6 Å².